The second-order valence-electron chi connectivity index (χ2n) is 3.55. The molecule has 0 aliphatic rings. The van der Waals surface area contributed by atoms with Crippen molar-refractivity contribution in [2.75, 3.05) is 25.1 Å². The van der Waals surface area contributed by atoms with Gasteiger partial charge in [-0.05, 0) is 12.1 Å². The summed E-state index contributed by atoms with van der Waals surface area (Å²) in [6.07, 6.45) is 0. The van der Waals surface area contributed by atoms with Crippen LogP contribution in [0.5, 0.6) is 5.75 Å². The molecule has 0 saturated heterocycles. The van der Waals surface area contributed by atoms with Crippen LogP contribution in [0.2, 0.25) is 0 Å². The predicted octanol–water partition coefficient (Wildman–Crippen LogP) is -0.704. The van der Waals surface area contributed by atoms with E-state index in [0.717, 1.165) is 0 Å². The molecule has 0 radical (unpaired) electrons. The van der Waals surface area contributed by atoms with Crippen LogP contribution in [0.3, 0.4) is 0 Å². The molecule has 18 heavy (non-hydrogen) atoms. The van der Waals surface area contributed by atoms with E-state index >= 15 is 0 Å². The zero-order chi connectivity index (χ0) is 13.8. The Morgan fingerprint density at radius 2 is 2.11 bits per heavy atom. The van der Waals surface area contributed by atoms with Crippen molar-refractivity contribution in [3.8, 4) is 5.75 Å². The van der Waals surface area contributed by atoms with Crippen molar-refractivity contribution in [3.05, 3.63) is 23.8 Å². The Morgan fingerprint density at radius 1 is 1.44 bits per heavy atom. The molecule has 0 saturated carbocycles. The molecule has 0 atom stereocenters. The first-order valence-electron chi connectivity index (χ1n) is 5.06. The maximum Gasteiger partial charge on any atom is 0.257 e. The lowest BCUT2D eigenvalue weighted by Crippen LogP contribution is -2.32. The molecular formula is C10H15N3O4S. The molecule has 0 fully saturated rings. The number of carbonyl (C=O) groups excluding carboxylic acids is 1. The number of nitrogens with one attached hydrogen (secondary N) is 1. The quantitative estimate of drug-likeness (QED) is 0.611. The number of hydrogen-bond donors (Lipinski definition) is 3. The number of methoxy groups -OCH3 is 1. The van der Waals surface area contributed by atoms with Gasteiger partial charge in [-0.25, -0.2) is 13.6 Å². The Kier molecular flexibility index (Phi) is 4.51. The van der Waals surface area contributed by atoms with Crippen LogP contribution in [0.15, 0.2) is 18.2 Å². The summed E-state index contributed by atoms with van der Waals surface area (Å²) in [6, 6.07) is 4.79. The molecule has 0 aromatic heterocycles. The SMILES string of the molecule is COc1cccc(N)c1C(=O)NCCS(N)(=O)=O. The summed E-state index contributed by atoms with van der Waals surface area (Å²) in [5.74, 6) is -0.523. The molecule has 8 heteroatoms. The molecular weight excluding hydrogens is 258 g/mol. The third-order valence-corrected chi connectivity index (χ3v) is 2.95. The summed E-state index contributed by atoms with van der Waals surface area (Å²) in [4.78, 5) is 11.8. The molecule has 1 rings (SSSR count). The van der Waals surface area contributed by atoms with Crippen LogP contribution in [-0.2, 0) is 10.0 Å². The summed E-state index contributed by atoms with van der Waals surface area (Å²) in [7, 11) is -2.19. The molecule has 1 aromatic rings. The number of sulfonamides is 1. The normalized spacial score (nSPS) is 11.0. The van der Waals surface area contributed by atoms with Gasteiger partial charge in [0.25, 0.3) is 5.91 Å². The zero-order valence-corrected chi connectivity index (χ0v) is 10.7. The topological polar surface area (TPSA) is 125 Å². The fourth-order valence-corrected chi connectivity index (χ4v) is 1.74. The molecule has 1 aromatic carbocycles. The molecule has 7 nitrogen and oxygen atoms in total. The first-order valence-corrected chi connectivity index (χ1v) is 6.78. The molecule has 5 N–H and O–H groups in total. The van der Waals surface area contributed by atoms with E-state index < -0.39 is 15.9 Å². The summed E-state index contributed by atoms with van der Waals surface area (Å²) >= 11 is 0. The minimum atomic E-state index is -3.61. The molecule has 100 valence electrons. The van der Waals surface area contributed by atoms with E-state index in [2.05, 4.69) is 5.32 Å². The van der Waals surface area contributed by atoms with Crippen molar-refractivity contribution < 1.29 is 17.9 Å². The van der Waals surface area contributed by atoms with E-state index in [4.69, 9.17) is 15.6 Å². The number of anilines is 1. The van der Waals surface area contributed by atoms with Gasteiger partial charge in [-0.2, -0.15) is 0 Å². The van der Waals surface area contributed by atoms with Crippen molar-refractivity contribution in [1.82, 2.24) is 5.32 Å². The van der Waals surface area contributed by atoms with Gasteiger partial charge in [0.1, 0.15) is 11.3 Å². The van der Waals surface area contributed by atoms with Crippen LogP contribution in [0.1, 0.15) is 10.4 Å². The highest BCUT2D eigenvalue weighted by atomic mass is 32.2. The molecule has 0 aliphatic heterocycles. The summed E-state index contributed by atoms with van der Waals surface area (Å²) < 4.78 is 26.4. The van der Waals surface area contributed by atoms with Gasteiger partial charge < -0.3 is 15.8 Å². The lowest BCUT2D eigenvalue weighted by atomic mass is 10.1. The van der Waals surface area contributed by atoms with Gasteiger partial charge in [-0.3, -0.25) is 4.79 Å². The predicted molar refractivity (Wildman–Crippen MR) is 67.7 cm³/mol. The van der Waals surface area contributed by atoms with E-state index in [1.807, 2.05) is 0 Å². The number of rotatable bonds is 5. The number of primary sulfonamides is 1. The monoisotopic (exact) mass is 273 g/mol. The van der Waals surface area contributed by atoms with E-state index in [0.29, 0.717) is 5.75 Å². The van der Waals surface area contributed by atoms with Gasteiger partial charge in [0.15, 0.2) is 0 Å². The largest absolute Gasteiger partial charge is 0.496 e. The van der Waals surface area contributed by atoms with Crippen LogP contribution in [0.4, 0.5) is 5.69 Å². The van der Waals surface area contributed by atoms with Crippen LogP contribution < -0.4 is 20.9 Å². The second-order valence-corrected chi connectivity index (χ2v) is 5.28. The number of nitrogen functional groups attached to an aromatic ring is 1. The maximum atomic E-state index is 11.8. The fraction of sp³-hybridized carbons (Fsp3) is 0.300. The Labute approximate surface area is 105 Å². The number of amides is 1. The van der Waals surface area contributed by atoms with Gasteiger partial charge in [0, 0.05) is 12.2 Å². The highest BCUT2D eigenvalue weighted by Crippen LogP contribution is 2.23. The van der Waals surface area contributed by atoms with Gasteiger partial charge >= 0.3 is 0 Å². The summed E-state index contributed by atoms with van der Waals surface area (Å²) in [6.45, 7) is -0.0881. The number of nitrogens with two attached hydrogens (primary N) is 2. The van der Waals surface area contributed by atoms with Crippen molar-refractivity contribution in [1.29, 1.82) is 0 Å². The standard InChI is InChI=1S/C10H15N3O4S/c1-17-8-4-2-3-7(11)9(8)10(14)13-5-6-18(12,15)16/h2-4H,5-6,11H2,1H3,(H,13,14)(H2,12,15,16). The highest BCUT2D eigenvalue weighted by Gasteiger charge is 2.15. The minimum absolute atomic E-state index is 0.0881. The van der Waals surface area contributed by atoms with Gasteiger partial charge in [-0.15, -0.1) is 0 Å². The third kappa shape index (κ3) is 3.90. The van der Waals surface area contributed by atoms with Gasteiger partial charge in [0.05, 0.1) is 12.9 Å². The minimum Gasteiger partial charge on any atom is -0.496 e. The average Bonchev–Trinajstić information content (AvgIpc) is 2.26. The highest BCUT2D eigenvalue weighted by molar-refractivity contribution is 7.89. The molecule has 1 amide bonds. The number of hydrogen-bond acceptors (Lipinski definition) is 5. The second kappa shape index (κ2) is 5.69. The van der Waals surface area contributed by atoms with E-state index in [1.54, 1.807) is 18.2 Å². The first kappa shape index (κ1) is 14.3. The van der Waals surface area contributed by atoms with Gasteiger partial charge in [0.2, 0.25) is 10.0 Å². The van der Waals surface area contributed by atoms with E-state index in [1.165, 1.54) is 7.11 Å². The Bertz CT molecular complexity index is 542. The van der Waals surface area contributed by atoms with Crippen molar-refractivity contribution in [3.63, 3.8) is 0 Å². The van der Waals surface area contributed by atoms with Crippen LogP contribution in [-0.4, -0.2) is 33.7 Å². The smallest absolute Gasteiger partial charge is 0.257 e. The van der Waals surface area contributed by atoms with E-state index in [9.17, 15) is 13.2 Å². The molecule has 0 bridgehead atoms. The molecule has 0 unspecified atom stereocenters. The molecule has 0 spiro atoms. The lowest BCUT2D eigenvalue weighted by molar-refractivity contribution is 0.0954. The lowest BCUT2D eigenvalue weighted by Gasteiger charge is -2.11. The number of carbonyl (C=O) groups is 1. The molecule has 0 aliphatic carbocycles. The summed E-state index contributed by atoms with van der Waals surface area (Å²) in [5.41, 5.74) is 6.10. The summed E-state index contributed by atoms with van der Waals surface area (Å²) in [5, 5.41) is 7.23. The number of benzene rings is 1. The third-order valence-electron chi connectivity index (χ3n) is 2.18. The van der Waals surface area contributed by atoms with Crippen molar-refractivity contribution in [2.45, 2.75) is 0 Å². The molecule has 0 heterocycles. The van der Waals surface area contributed by atoms with E-state index in [-0.39, 0.29) is 23.5 Å². The Balaban J connectivity index is 2.79. The van der Waals surface area contributed by atoms with Gasteiger partial charge in [-0.1, -0.05) is 6.07 Å². The van der Waals surface area contributed by atoms with Crippen molar-refractivity contribution >= 4 is 21.6 Å². The zero-order valence-electron chi connectivity index (χ0n) is 9.84. The van der Waals surface area contributed by atoms with Crippen molar-refractivity contribution in [2.24, 2.45) is 5.14 Å². The van der Waals surface area contributed by atoms with Crippen LogP contribution in [0.25, 0.3) is 0 Å². The van der Waals surface area contributed by atoms with Crippen LogP contribution >= 0.6 is 0 Å². The fourth-order valence-electron chi connectivity index (χ4n) is 1.36. The first-order chi connectivity index (χ1) is 8.35. The Morgan fingerprint density at radius 3 is 2.67 bits per heavy atom. The van der Waals surface area contributed by atoms with Crippen LogP contribution in [0, 0.1) is 0 Å². The maximum absolute atomic E-state index is 11.8. The Hall–Kier alpha value is -1.80. The average molecular weight is 273 g/mol. The number of ether oxygens (including phenoxy) is 1.